The summed E-state index contributed by atoms with van der Waals surface area (Å²) in [4.78, 5) is 58.0. The molecule has 0 radical (unpaired) electrons. The van der Waals surface area contributed by atoms with Crippen molar-refractivity contribution in [1.29, 1.82) is 0 Å². The number of carbonyl (C=O) groups is 4. The number of aliphatic carboxylic acids is 1. The number of hydrogen-bond donors (Lipinski definition) is 3. The number of amides is 3. The van der Waals surface area contributed by atoms with Gasteiger partial charge < -0.3 is 35.0 Å². The molecule has 176 valence electrons. The molecule has 1 aromatic heterocycles. The first-order valence-corrected chi connectivity index (χ1v) is 10.5. The maximum Gasteiger partial charge on any atom is 0.339 e. The van der Waals surface area contributed by atoms with E-state index < -0.39 is 42.8 Å². The predicted octanol–water partition coefficient (Wildman–Crippen LogP) is -1.46. The van der Waals surface area contributed by atoms with Crippen molar-refractivity contribution in [2.75, 3.05) is 19.7 Å². The first-order valence-electron chi connectivity index (χ1n) is 10.5. The van der Waals surface area contributed by atoms with Crippen LogP contribution in [-0.2, 0) is 32.0 Å². The third kappa shape index (κ3) is 6.31. The van der Waals surface area contributed by atoms with Crippen molar-refractivity contribution < 1.29 is 33.4 Å². The van der Waals surface area contributed by atoms with Gasteiger partial charge in [0.25, 0.3) is 5.91 Å². The van der Waals surface area contributed by atoms with Crippen molar-refractivity contribution in [2.24, 2.45) is 0 Å². The topological polar surface area (TPSA) is 167 Å². The minimum atomic E-state index is -1.46. The smallest absolute Gasteiger partial charge is 0.339 e. The molecule has 11 nitrogen and oxygen atoms in total. The van der Waals surface area contributed by atoms with Crippen LogP contribution in [0.2, 0.25) is 0 Å². The molecule has 1 atom stereocenters. The molecule has 1 aliphatic rings. The van der Waals surface area contributed by atoms with Gasteiger partial charge in [0.2, 0.25) is 11.8 Å². The Bertz CT molecular complexity index is 1140. The normalized spacial score (nSPS) is 13.5. The van der Waals surface area contributed by atoms with Crippen LogP contribution in [0.25, 0.3) is 11.0 Å². The van der Waals surface area contributed by atoms with E-state index in [9.17, 15) is 29.1 Å². The summed E-state index contributed by atoms with van der Waals surface area (Å²) in [6.07, 6.45) is 3.51. The van der Waals surface area contributed by atoms with Crippen molar-refractivity contribution in [3.05, 3.63) is 39.7 Å². The molecule has 0 saturated heterocycles. The summed E-state index contributed by atoms with van der Waals surface area (Å²) in [5.41, 5.74) is 1.78. The second-order valence-electron chi connectivity index (χ2n) is 7.66. The number of rotatable bonds is 9. The van der Waals surface area contributed by atoms with Gasteiger partial charge in [0.1, 0.15) is 17.4 Å². The Morgan fingerprint density at radius 3 is 2.52 bits per heavy atom. The zero-order valence-corrected chi connectivity index (χ0v) is 18.0. The van der Waals surface area contributed by atoms with Crippen LogP contribution in [-0.4, -0.2) is 49.4 Å². The van der Waals surface area contributed by atoms with Gasteiger partial charge >= 0.3 is 5.63 Å². The van der Waals surface area contributed by atoms with Crippen molar-refractivity contribution in [1.82, 2.24) is 16.0 Å². The molecule has 0 saturated carbocycles. The van der Waals surface area contributed by atoms with E-state index in [0.29, 0.717) is 17.8 Å². The third-order valence-corrected chi connectivity index (χ3v) is 5.19. The highest BCUT2D eigenvalue weighted by Gasteiger charge is 2.19. The molecule has 33 heavy (non-hydrogen) atoms. The van der Waals surface area contributed by atoms with Crippen LogP contribution in [0.15, 0.2) is 27.4 Å². The second-order valence-corrected chi connectivity index (χ2v) is 7.66. The van der Waals surface area contributed by atoms with Gasteiger partial charge in [-0.25, -0.2) is 4.79 Å². The first-order chi connectivity index (χ1) is 15.7. The summed E-state index contributed by atoms with van der Waals surface area (Å²) in [6, 6.07) is 4.08. The van der Waals surface area contributed by atoms with E-state index in [2.05, 4.69) is 10.6 Å². The van der Waals surface area contributed by atoms with Gasteiger partial charge in [-0.15, -0.1) is 0 Å². The quantitative estimate of drug-likeness (QED) is 0.383. The predicted molar refractivity (Wildman–Crippen MR) is 113 cm³/mol. The van der Waals surface area contributed by atoms with E-state index in [4.69, 9.17) is 9.15 Å². The fourth-order valence-electron chi connectivity index (χ4n) is 3.57. The highest BCUT2D eigenvalue weighted by molar-refractivity contribution is 5.91. The Morgan fingerprint density at radius 1 is 1.06 bits per heavy atom. The fraction of sp³-hybridized carbons (Fsp3) is 0.409. The zero-order valence-electron chi connectivity index (χ0n) is 18.0. The average Bonchev–Trinajstić information content (AvgIpc) is 2.79. The molecule has 1 heterocycles. The highest BCUT2D eigenvalue weighted by Crippen LogP contribution is 2.29. The molecule has 3 rings (SSSR count). The van der Waals surface area contributed by atoms with Gasteiger partial charge in [0, 0.05) is 17.0 Å². The molecule has 0 aliphatic heterocycles. The van der Waals surface area contributed by atoms with E-state index >= 15 is 0 Å². The van der Waals surface area contributed by atoms with Crippen LogP contribution in [0, 0.1) is 0 Å². The largest absolute Gasteiger partial charge is 0.548 e. The van der Waals surface area contributed by atoms with Crippen molar-refractivity contribution in [2.45, 2.75) is 38.6 Å². The SMILES string of the molecule is C[C@H](NC(=O)COc1ccc2c3c(c(=O)oc2c1)CCCC3)C(=O)NCC(=O)NCC(=O)[O-]. The molecule has 11 heteroatoms. The Kier molecular flexibility index (Phi) is 7.65. The standard InChI is InChI=1S/C22H25N3O8/c1-12(21(30)24-9-18(26)23-10-20(28)29)25-19(27)11-32-13-6-7-15-14-4-2-3-5-16(14)22(31)33-17(15)8-13/h6-8,12H,2-5,9-11H2,1H3,(H,23,26)(H,24,30)(H,25,27)(H,28,29)/p-1/t12-/m0/s1. The van der Waals surface area contributed by atoms with Crippen LogP contribution in [0.1, 0.15) is 30.9 Å². The second kappa shape index (κ2) is 10.6. The van der Waals surface area contributed by atoms with Gasteiger partial charge in [0.05, 0.1) is 19.1 Å². The number of benzene rings is 1. The molecule has 1 aromatic carbocycles. The molecule has 0 unspecified atom stereocenters. The zero-order chi connectivity index (χ0) is 24.0. The first kappa shape index (κ1) is 23.8. The molecule has 1 aliphatic carbocycles. The number of fused-ring (bicyclic) bond motifs is 3. The molecule has 0 fully saturated rings. The van der Waals surface area contributed by atoms with E-state index in [-0.39, 0.29) is 12.2 Å². The van der Waals surface area contributed by atoms with Crippen LogP contribution < -0.4 is 31.4 Å². The Morgan fingerprint density at radius 2 is 1.79 bits per heavy atom. The lowest BCUT2D eigenvalue weighted by Crippen LogP contribution is -2.49. The van der Waals surface area contributed by atoms with Crippen LogP contribution >= 0.6 is 0 Å². The van der Waals surface area contributed by atoms with Crippen molar-refractivity contribution in [3.63, 3.8) is 0 Å². The van der Waals surface area contributed by atoms with Gasteiger partial charge in [-0.2, -0.15) is 0 Å². The lowest BCUT2D eigenvalue weighted by atomic mass is 9.91. The number of nitrogens with one attached hydrogen (secondary N) is 3. The molecule has 2 aromatic rings. The molecular weight excluding hydrogens is 434 g/mol. The van der Waals surface area contributed by atoms with Crippen molar-refractivity contribution >= 4 is 34.7 Å². The molecular formula is C22H24N3O8-. The van der Waals surface area contributed by atoms with Crippen LogP contribution in [0.3, 0.4) is 0 Å². The summed E-state index contributed by atoms with van der Waals surface area (Å²) in [6.45, 7) is -0.0850. The average molecular weight is 458 g/mol. The lowest BCUT2D eigenvalue weighted by Gasteiger charge is -2.17. The number of carbonyl (C=O) groups excluding carboxylic acids is 4. The van der Waals surface area contributed by atoms with Gasteiger partial charge in [-0.3, -0.25) is 14.4 Å². The fourth-order valence-corrected chi connectivity index (χ4v) is 3.57. The van der Waals surface area contributed by atoms with Crippen molar-refractivity contribution in [3.8, 4) is 5.75 Å². The van der Waals surface area contributed by atoms with E-state index in [1.165, 1.54) is 6.92 Å². The van der Waals surface area contributed by atoms with E-state index in [1.54, 1.807) is 18.2 Å². The summed E-state index contributed by atoms with van der Waals surface area (Å²) in [7, 11) is 0. The Balaban J connectivity index is 1.51. The highest BCUT2D eigenvalue weighted by atomic mass is 16.5. The van der Waals surface area contributed by atoms with Gasteiger partial charge in [0.15, 0.2) is 6.61 Å². The summed E-state index contributed by atoms with van der Waals surface area (Å²) in [5.74, 6) is -3.05. The Labute approximate surface area is 188 Å². The Hall–Kier alpha value is -3.89. The van der Waals surface area contributed by atoms with E-state index in [0.717, 1.165) is 35.8 Å². The molecule has 0 spiro atoms. The van der Waals surface area contributed by atoms with E-state index in [1.807, 2.05) is 5.32 Å². The monoisotopic (exact) mass is 458 g/mol. The van der Waals surface area contributed by atoms with Crippen LogP contribution in [0.4, 0.5) is 0 Å². The minimum Gasteiger partial charge on any atom is -0.548 e. The number of ether oxygens (including phenoxy) is 1. The summed E-state index contributed by atoms with van der Waals surface area (Å²) in [5, 5.41) is 17.9. The summed E-state index contributed by atoms with van der Waals surface area (Å²) < 4.78 is 10.9. The van der Waals surface area contributed by atoms with Gasteiger partial charge in [-0.1, -0.05) is 0 Å². The minimum absolute atomic E-state index is 0.332. The number of hydrogen-bond acceptors (Lipinski definition) is 8. The van der Waals surface area contributed by atoms with Crippen LogP contribution in [0.5, 0.6) is 5.75 Å². The number of carboxylic acid groups (broad SMARTS) is 1. The maximum absolute atomic E-state index is 12.2. The molecule has 0 bridgehead atoms. The third-order valence-electron chi connectivity index (χ3n) is 5.19. The molecule has 3 N–H and O–H groups in total. The maximum atomic E-state index is 12.2. The number of carboxylic acids is 1. The molecule has 3 amide bonds. The summed E-state index contributed by atoms with van der Waals surface area (Å²) >= 11 is 0. The van der Waals surface area contributed by atoms with Gasteiger partial charge in [-0.05, 0) is 50.3 Å². The number of aryl methyl sites for hydroxylation is 1. The lowest BCUT2D eigenvalue weighted by molar-refractivity contribution is -0.304.